The van der Waals surface area contributed by atoms with Gasteiger partial charge in [0.2, 0.25) is 0 Å². The number of benzene rings is 1. The molecule has 2 rings (SSSR count). The summed E-state index contributed by atoms with van der Waals surface area (Å²) in [6.45, 7) is 7.56. The minimum absolute atomic E-state index is 0.114. The van der Waals surface area contributed by atoms with Crippen LogP contribution in [0.25, 0.3) is 0 Å². The fraction of sp³-hybridized carbons (Fsp3) is 0.571. The molecule has 0 radical (unpaired) electrons. The molecule has 1 aliphatic rings. The highest BCUT2D eigenvalue weighted by molar-refractivity contribution is 5.50. The zero-order valence-corrected chi connectivity index (χ0v) is 11.0. The normalized spacial score (nSPS) is 16.7. The van der Waals surface area contributed by atoms with E-state index in [2.05, 4.69) is 22.5 Å². The van der Waals surface area contributed by atoms with Gasteiger partial charge in [0.1, 0.15) is 5.82 Å². The van der Waals surface area contributed by atoms with E-state index < -0.39 is 0 Å². The highest BCUT2D eigenvalue weighted by atomic mass is 19.1. The third-order valence-corrected chi connectivity index (χ3v) is 3.27. The Labute approximate surface area is 108 Å². The van der Waals surface area contributed by atoms with Crippen LogP contribution in [-0.4, -0.2) is 32.7 Å². The van der Waals surface area contributed by atoms with Gasteiger partial charge in [0.05, 0.1) is 5.69 Å². The molecule has 1 heterocycles. The number of nitrogens with one attached hydrogen (secondary N) is 2. The highest BCUT2D eigenvalue weighted by Crippen LogP contribution is 2.21. The average molecular weight is 251 g/mol. The summed E-state index contributed by atoms with van der Waals surface area (Å²) >= 11 is 0. The molecular weight excluding hydrogens is 229 g/mol. The summed E-state index contributed by atoms with van der Waals surface area (Å²) in [7, 11) is 0. The van der Waals surface area contributed by atoms with Crippen molar-refractivity contribution in [2.45, 2.75) is 19.9 Å². The third kappa shape index (κ3) is 3.43. The molecule has 1 saturated heterocycles. The number of rotatable bonds is 4. The second-order valence-electron chi connectivity index (χ2n) is 4.66. The number of hydrogen-bond donors (Lipinski definition) is 2. The van der Waals surface area contributed by atoms with E-state index in [-0.39, 0.29) is 5.82 Å². The van der Waals surface area contributed by atoms with Crippen LogP contribution in [0.15, 0.2) is 18.2 Å². The van der Waals surface area contributed by atoms with Crippen LogP contribution in [-0.2, 0) is 6.54 Å². The van der Waals surface area contributed by atoms with Gasteiger partial charge in [-0.3, -0.25) is 0 Å². The van der Waals surface area contributed by atoms with Gasteiger partial charge in [0.15, 0.2) is 0 Å². The van der Waals surface area contributed by atoms with E-state index in [4.69, 9.17) is 0 Å². The van der Waals surface area contributed by atoms with Crippen LogP contribution >= 0.6 is 0 Å². The van der Waals surface area contributed by atoms with Crippen molar-refractivity contribution in [3.8, 4) is 0 Å². The zero-order chi connectivity index (χ0) is 12.8. The molecule has 0 unspecified atom stereocenters. The summed E-state index contributed by atoms with van der Waals surface area (Å²) in [5, 5.41) is 6.61. The molecule has 0 bridgehead atoms. The summed E-state index contributed by atoms with van der Waals surface area (Å²) in [6, 6.07) is 5.42. The Bertz CT molecular complexity index is 373. The first kappa shape index (κ1) is 13.3. The summed E-state index contributed by atoms with van der Waals surface area (Å²) < 4.78 is 13.9. The zero-order valence-electron chi connectivity index (χ0n) is 11.0. The number of anilines is 1. The molecule has 18 heavy (non-hydrogen) atoms. The van der Waals surface area contributed by atoms with Crippen molar-refractivity contribution in [1.29, 1.82) is 0 Å². The molecule has 0 amide bonds. The van der Waals surface area contributed by atoms with E-state index in [1.54, 1.807) is 6.07 Å². The first-order valence-electron chi connectivity index (χ1n) is 6.76. The smallest absolute Gasteiger partial charge is 0.146 e. The topological polar surface area (TPSA) is 27.3 Å². The van der Waals surface area contributed by atoms with E-state index in [9.17, 15) is 4.39 Å². The van der Waals surface area contributed by atoms with Gasteiger partial charge in [0, 0.05) is 26.2 Å². The molecule has 0 spiro atoms. The van der Waals surface area contributed by atoms with Crippen LogP contribution in [0.1, 0.15) is 18.9 Å². The minimum Gasteiger partial charge on any atom is -0.368 e. The fourth-order valence-electron chi connectivity index (χ4n) is 2.27. The molecular formula is C14H22FN3. The molecule has 2 N–H and O–H groups in total. The SMILES string of the molecule is CCNCc1ccc(F)c(N2CCCNCC2)c1. The standard InChI is InChI=1S/C14H22FN3/c1-2-16-11-12-4-5-13(15)14(10-12)18-8-3-6-17-7-9-18/h4-5,10,16-17H,2-3,6-9,11H2,1H3. The lowest BCUT2D eigenvalue weighted by Gasteiger charge is -2.23. The monoisotopic (exact) mass is 251 g/mol. The van der Waals surface area contributed by atoms with E-state index >= 15 is 0 Å². The minimum atomic E-state index is -0.114. The molecule has 1 aliphatic heterocycles. The molecule has 100 valence electrons. The molecule has 4 heteroatoms. The van der Waals surface area contributed by atoms with Crippen LogP contribution in [0.2, 0.25) is 0 Å². The molecule has 0 saturated carbocycles. The second kappa shape index (κ2) is 6.71. The van der Waals surface area contributed by atoms with Crippen molar-refractivity contribution in [2.24, 2.45) is 0 Å². The van der Waals surface area contributed by atoms with Gasteiger partial charge in [0.25, 0.3) is 0 Å². The maximum absolute atomic E-state index is 13.9. The Balaban J connectivity index is 2.13. The molecule has 1 aromatic rings. The van der Waals surface area contributed by atoms with Crippen LogP contribution in [0.5, 0.6) is 0 Å². The van der Waals surface area contributed by atoms with Gasteiger partial charge in [-0.25, -0.2) is 4.39 Å². The molecule has 3 nitrogen and oxygen atoms in total. The number of hydrogen-bond acceptors (Lipinski definition) is 3. The fourth-order valence-corrected chi connectivity index (χ4v) is 2.27. The lowest BCUT2D eigenvalue weighted by molar-refractivity contribution is 0.616. The maximum atomic E-state index is 13.9. The molecule has 1 aromatic carbocycles. The van der Waals surface area contributed by atoms with Crippen molar-refractivity contribution < 1.29 is 4.39 Å². The summed E-state index contributed by atoms with van der Waals surface area (Å²) in [5.74, 6) is -0.114. The van der Waals surface area contributed by atoms with Gasteiger partial charge < -0.3 is 15.5 Å². The predicted molar refractivity (Wildman–Crippen MR) is 73.5 cm³/mol. The molecule has 0 atom stereocenters. The van der Waals surface area contributed by atoms with Gasteiger partial charge in [-0.2, -0.15) is 0 Å². The van der Waals surface area contributed by atoms with Gasteiger partial charge >= 0.3 is 0 Å². The maximum Gasteiger partial charge on any atom is 0.146 e. The van der Waals surface area contributed by atoms with Crippen molar-refractivity contribution in [1.82, 2.24) is 10.6 Å². The summed E-state index contributed by atoms with van der Waals surface area (Å²) in [6.07, 6.45) is 1.07. The summed E-state index contributed by atoms with van der Waals surface area (Å²) in [5.41, 5.74) is 1.89. The lowest BCUT2D eigenvalue weighted by Crippen LogP contribution is -2.28. The largest absolute Gasteiger partial charge is 0.368 e. The highest BCUT2D eigenvalue weighted by Gasteiger charge is 2.13. The van der Waals surface area contributed by atoms with Crippen LogP contribution in [0.3, 0.4) is 0 Å². The van der Waals surface area contributed by atoms with Crippen LogP contribution in [0, 0.1) is 5.82 Å². The van der Waals surface area contributed by atoms with Gasteiger partial charge in [-0.05, 0) is 37.2 Å². The van der Waals surface area contributed by atoms with Gasteiger partial charge in [-0.15, -0.1) is 0 Å². The number of nitrogens with zero attached hydrogens (tertiary/aromatic N) is 1. The molecule has 0 aliphatic carbocycles. The second-order valence-corrected chi connectivity index (χ2v) is 4.66. The average Bonchev–Trinajstić information content (AvgIpc) is 2.66. The Morgan fingerprint density at radius 3 is 3.06 bits per heavy atom. The van der Waals surface area contributed by atoms with Crippen molar-refractivity contribution in [3.63, 3.8) is 0 Å². The molecule has 0 aromatic heterocycles. The van der Waals surface area contributed by atoms with Crippen LogP contribution in [0.4, 0.5) is 10.1 Å². The Morgan fingerprint density at radius 1 is 1.33 bits per heavy atom. The van der Waals surface area contributed by atoms with Crippen molar-refractivity contribution in [2.75, 3.05) is 37.6 Å². The van der Waals surface area contributed by atoms with E-state index in [0.717, 1.165) is 56.9 Å². The predicted octanol–water partition coefficient (Wildman–Crippen LogP) is 1.73. The number of halogens is 1. The first-order valence-corrected chi connectivity index (χ1v) is 6.76. The van der Waals surface area contributed by atoms with Crippen molar-refractivity contribution >= 4 is 5.69 Å². The van der Waals surface area contributed by atoms with E-state index in [0.29, 0.717) is 0 Å². The van der Waals surface area contributed by atoms with Crippen LogP contribution < -0.4 is 15.5 Å². The third-order valence-electron chi connectivity index (χ3n) is 3.27. The Morgan fingerprint density at radius 2 is 2.22 bits per heavy atom. The Kier molecular flexibility index (Phi) is 4.96. The quantitative estimate of drug-likeness (QED) is 0.853. The van der Waals surface area contributed by atoms with E-state index in [1.807, 2.05) is 12.1 Å². The molecule has 1 fully saturated rings. The van der Waals surface area contributed by atoms with Crippen molar-refractivity contribution in [3.05, 3.63) is 29.6 Å². The summed E-state index contributed by atoms with van der Waals surface area (Å²) in [4.78, 5) is 2.14. The Hall–Kier alpha value is -1.13. The van der Waals surface area contributed by atoms with E-state index in [1.165, 1.54) is 0 Å². The van der Waals surface area contributed by atoms with Gasteiger partial charge in [-0.1, -0.05) is 13.0 Å². The lowest BCUT2D eigenvalue weighted by atomic mass is 10.1. The first-order chi connectivity index (χ1) is 8.81.